The number of carbonyl (C=O) groups excluding carboxylic acids is 1. The lowest BCUT2D eigenvalue weighted by Crippen LogP contribution is -2.48. The first-order valence-electron chi connectivity index (χ1n) is 9.79. The Kier molecular flexibility index (Phi) is 7.08. The molecule has 2 amide bonds. The molecular formula is C22H28N6O. The highest BCUT2D eigenvalue weighted by Gasteiger charge is 2.27. The van der Waals surface area contributed by atoms with Crippen LogP contribution >= 0.6 is 0 Å². The van der Waals surface area contributed by atoms with E-state index in [-0.39, 0.29) is 12.1 Å². The topological polar surface area (TPSA) is 64.9 Å². The van der Waals surface area contributed by atoms with Crippen LogP contribution in [-0.2, 0) is 6.54 Å². The molecule has 1 aliphatic rings. The van der Waals surface area contributed by atoms with Crippen molar-refractivity contribution in [2.45, 2.75) is 25.4 Å². The molecule has 7 heteroatoms. The smallest absolute Gasteiger partial charge is 0.323 e. The number of piperidine rings is 1. The normalized spacial score (nSPS) is 15.7. The molecule has 0 unspecified atom stereocenters. The monoisotopic (exact) mass is 392 g/mol. The summed E-state index contributed by atoms with van der Waals surface area (Å²) in [5.41, 5.74) is 2.53. The lowest BCUT2D eigenvalue weighted by Gasteiger charge is -2.37. The summed E-state index contributed by atoms with van der Waals surface area (Å²) in [7, 11) is 3.62. The van der Waals surface area contributed by atoms with Crippen LogP contribution in [0.3, 0.4) is 0 Å². The van der Waals surface area contributed by atoms with Crippen molar-refractivity contribution in [2.75, 3.05) is 27.2 Å². The number of likely N-dealkylation sites (tertiary alicyclic amines) is 1. The van der Waals surface area contributed by atoms with Gasteiger partial charge in [0.05, 0.1) is 11.4 Å². The van der Waals surface area contributed by atoms with Crippen LogP contribution in [0.5, 0.6) is 0 Å². The van der Waals surface area contributed by atoms with Gasteiger partial charge in [0, 0.05) is 70.1 Å². The standard InChI is InChI=1S/C22H28N6O/c1-23-21(18-7-6-11-24-15-18)17-26(2)22(29)27(3)20-9-13-28(14-10-20)16-19-8-4-5-12-25-19/h4-8,11-12,15,17,20H,1,9-10,13-14,16H2,2-3H3/b21-17-. The minimum absolute atomic E-state index is 0.0572. The average Bonchev–Trinajstić information content (AvgIpc) is 2.78. The van der Waals surface area contributed by atoms with Crippen molar-refractivity contribution < 1.29 is 4.79 Å². The maximum absolute atomic E-state index is 12.9. The number of hydrogen-bond donors (Lipinski definition) is 0. The Bertz CT molecular complexity index is 831. The highest BCUT2D eigenvalue weighted by molar-refractivity contribution is 5.78. The zero-order valence-corrected chi connectivity index (χ0v) is 17.1. The Morgan fingerprint density at radius 3 is 2.66 bits per heavy atom. The first kappa shape index (κ1) is 20.7. The predicted octanol–water partition coefficient (Wildman–Crippen LogP) is 3.12. The van der Waals surface area contributed by atoms with Crippen molar-refractivity contribution >= 4 is 18.4 Å². The summed E-state index contributed by atoms with van der Waals surface area (Å²) < 4.78 is 0. The molecular weight excluding hydrogens is 364 g/mol. The van der Waals surface area contributed by atoms with E-state index in [1.165, 1.54) is 0 Å². The summed E-state index contributed by atoms with van der Waals surface area (Å²) in [6, 6.07) is 9.89. The number of rotatable bonds is 6. The van der Waals surface area contributed by atoms with Gasteiger partial charge in [-0.2, -0.15) is 0 Å². The molecule has 1 saturated heterocycles. The quantitative estimate of drug-likeness (QED) is 0.709. The van der Waals surface area contributed by atoms with Gasteiger partial charge in [0.25, 0.3) is 0 Å². The molecule has 29 heavy (non-hydrogen) atoms. The van der Waals surface area contributed by atoms with Gasteiger partial charge in [-0.25, -0.2) is 4.79 Å². The van der Waals surface area contributed by atoms with Crippen LogP contribution in [0.1, 0.15) is 24.1 Å². The van der Waals surface area contributed by atoms with E-state index in [9.17, 15) is 4.79 Å². The van der Waals surface area contributed by atoms with Gasteiger partial charge in [-0.3, -0.25) is 19.9 Å². The Morgan fingerprint density at radius 2 is 2.03 bits per heavy atom. The molecule has 0 saturated carbocycles. The van der Waals surface area contributed by atoms with Crippen LogP contribution in [0.2, 0.25) is 0 Å². The Labute approximate surface area is 172 Å². The third-order valence-corrected chi connectivity index (χ3v) is 5.26. The molecule has 0 N–H and O–H groups in total. The van der Waals surface area contributed by atoms with Gasteiger partial charge in [0.1, 0.15) is 0 Å². The minimum atomic E-state index is -0.0572. The number of carbonyl (C=O) groups is 1. The molecule has 1 fully saturated rings. The number of pyridine rings is 2. The molecule has 0 aromatic carbocycles. The molecule has 3 heterocycles. The third-order valence-electron chi connectivity index (χ3n) is 5.26. The molecule has 7 nitrogen and oxygen atoms in total. The first-order valence-corrected chi connectivity index (χ1v) is 9.79. The molecule has 0 atom stereocenters. The van der Waals surface area contributed by atoms with E-state index in [1.54, 1.807) is 30.5 Å². The fourth-order valence-corrected chi connectivity index (χ4v) is 3.55. The number of amides is 2. The Morgan fingerprint density at radius 1 is 1.24 bits per heavy atom. The van der Waals surface area contributed by atoms with E-state index >= 15 is 0 Å². The summed E-state index contributed by atoms with van der Waals surface area (Å²) in [6.45, 7) is 6.38. The van der Waals surface area contributed by atoms with E-state index < -0.39 is 0 Å². The van der Waals surface area contributed by atoms with E-state index in [1.807, 2.05) is 42.4 Å². The van der Waals surface area contributed by atoms with Crippen molar-refractivity contribution in [3.05, 3.63) is 66.4 Å². The molecule has 0 radical (unpaired) electrons. The van der Waals surface area contributed by atoms with Crippen LogP contribution in [0, 0.1) is 0 Å². The molecule has 0 bridgehead atoms. The first-order chi connectivity index (χ1) is 14.1. The van der Waals surface area contributed by atoms with E-state index in [4.69, 9.17) is 0 Å². The molecule has 0 spiro atoms. The summed E-state index contributed by atoms with van der Waals surface area (Å²) >= 11 is 0. The average molecular weight is 393 g/mol. The SMILES string of the molecule is C=N/C(=C\N(C)C(=O)N(C)C1CCN(Cc2ccccn2)CC1)c1cccnc1. The molecule has 3 rings (SSSR count). The molecule has 1 aliphatic heterocycles. The number of hydrogen-bond acceptors (Lipinski definition) is 5. The second kappa shape index (κ2) is 9.93. The number of urea groups is 1. The summed E-state index contributed by atoms with van der Waals surface area (Å²) in [6.07, 6.45) is 8.84. The van der Waals surface area contributed by atoms with E-state index in [0.29, 0.717) is 5.70 Å². The summed E-state index contributed by atoms with van der Waals surface area (Å²) in [5, 5.41) is 0. The molecule has 2 aromatic rings. The zero-order valence-electron chi connectivity index (χ0n) is 17.1. The molecule has 0 aliphatic carbocycles. The predicted molar refractivity (Wildman–Crippen MR) is 115 cm³/mol. The van der Waals surface area contributed by atoms with Crippen LogP contribution in [0.15, 0.2) is 60.1 Å². The Hall–Kier alpha value is -3.06. The van der Waals surface area contributed by atoms with Crippen molar-refractivity contribution in [3.8, 4) is 0 Å². The van der Waals surface area contributed by atoms with Crippen molar-refractivity contribution in [3.63, 3.8) is 0 Å². The van der Waals surface area contributed by atoms with Crippen molar-refractivity contribution in [1.82, 2.24) is 24.7 Å². The largest absolute Gasteiger partial charge is 0.324 e. The maximum atomic E-state index is 12.9. The van der Waals surface area contributed by atoms with Gasteiger partial charge < -0.3 is 9.80 Å². The lowest BCUT2D eigenvalue weighted by molar-refractivity contribution is 0.120. The molecule has 152 valence electrons. The van der Waals surface area contributed by atoms with Crippen molar-refractivity contribution in [1.29, 1.82) is 0 Å². The van der Waals surface area contributed by atoms with E-state index in [0.717, 1.165) is 43.7 Å². The van der Waals surface area contributed by atoms with Gasteiger partial charge in [-0.15, -0.1) is 0 Å². The van der Waals surface area contributed by atoms with Gasteiger partial charge in [0.15, 0.2) is 0 Å². The third kappa shape index (κ3) is 5.48. The summed E-state index contributed by atoms with van der Waals surface area (Å²) in [4.78, 5) is 31.2. The van der Waals surface area contributed by atoms with Gasteiger partial charge in [-0.1, -0.05) is 6.07 Å². The highest BCUT2D eigenvalue weighted by atomic mass is 16.2. The Balaban J connectivity index is 1.56. The minimum Gasteiger partial charge on any atom is -0.324 e. The van der Waals surface area contributed by atoms with Crippen LogP contribution in [0.25, 0.3) is 5.70 Å². The van der Waals surface area contributed by atoms with E-state index in [2.05, 4.69) is 32.6 Å². The maximum Gasteiger partial charge on any atom is 0.323 e. The number of aliphatic imine (C=N–C) groups is 1. The summed E-state index contributed by atoms with van der Waals surface area (Å²) in [5.74, 6) is 0. The second-order valence-electron chi connectivity index (χ2n) is 7.25. The fraction of sp³-hybridized carbons (Fsp3) is 0.364. The van der Waals surface area contributed by atoms with Gasteiger partial charge >= 0.3 is 6.03 Å². The molecule has 2 aromatic heterocycles. The van der Waals surface area contributed by atoms with Gasteiger partial charge in [0.2, 0.25) is 0 Å². The van der Waals surface area contributed by atoms with Crippen LogP contribution in [0.4, 0.5) is 4.79 Å². The van der Waals surface area contributed by atoms with Crippen LogP contribution < -0.4 is 0 Å². The van der Waals surface area contributed by atoms with Crippen molar-refractivity contribution in [2.24, 2.45) is 4.99 Å². The zero-order chi connectivity index (χ0) is 20.6. The van der Waals surface area contributed by atoms with Crippen LogP contribution in [-0.4, -0.2) is 70.6 Å². The van der Waals surface area contributed by atoms with Gasteiger partial charge in [-0.05, 0) is 43.8 Å². The fourth-order valence-electron chi connectivity index (χ4n) is 3.55. The number of aromatic nitrogens is 2. The second-order valence-corrected chi connectivity index (χ2v) is 7.25. The highest BCUT2D eigenvalue weighted by Crippen LogP contribution is 2.19. The lowest BCUT2D eigenvalue weighted by atomic mass is 10.0. The number of nitrogens with zero attached hydrogens (tertiary/aromatic N) is 6.